The smallest absolute Gasteiger partial charge is 0.325 e. The summed E-state index contributed by atoms with van der Waals surface area (Å²) in [6.45, 7) is 0.620. The summed E-state index contributed by atoms with van der Waals surface area (Å²) in [4.78, 5) is 0. The Balaban J connectivity index is 2.50. The summed E-state index contributed by atoms with van der Waals surface area (Å²) in [5.74, 6) is 0. The molecule has 0 aromatic carbocycles. The average molecular weight is 228 g/mol. The largest absolute Gasteiger partial charge is 0.371 e. The summed E-state index contributed by atoms with van der Waals surface area (Å²) < 4.78 is 30.3. The molecular formula is C6H10ClNO4S. The molecule has 7 heteroatoms. The van der Waals surface area contributed by atoms with E-state index in [-0.39, 0.29) is 11.3 Å². The lowest BCUT2D eigenvalue weighted by molar-refractivity contribution is 0.158. The number of oxime groups is 1. The Kier molecular flexibility index (Phi) is 3.52. The van der Waals surface area contributed by atoms with Crippen LogP contribution in [0.5, 0.6) is 0 Å². The maximum atomic E-state index is 10.5. The van der Waals surface area contributed by atoms with Crippen molar-refractivity contribution in [1.29, 1.82) is 0 Å². The van der Waals surface area contributed by atoms with Gasteiger partial charge >= 0.3 is 10.1 Å². The van der Waals surface area contributed by atoms with Crippen LogP contribution in [0.4, 0.5) is 0 Å². The molecule has 0 aliphatic carbocycles. The zero-order valence-corrected chi connectivity index (χ0v) is 8.64. The van der Waals surface area contributed by atoms with E-state index in [9.17, 15) is 8.42 Å². The third-order valence-electron chi connectivity index (χ3n) is 1.46. The molecule has 1 aliphatic heterocycles. The first-order valence-corrected chi connectivity index (χ1v) is 5.92. The van der Waals surface area contributed by atoms with Crippen molar-refractivity contribution in [2.45, 2.75) is 18.9 Å². The highest BCUT2D eigenvalue weighted by Gasteiger charge is 2.21. The van der Waals surface area contributed by atoms with Gasteiger partial charge in [-0.2, -0.15) is 8.42 Å². The van der Waals surface area contributed by atoms with E-state index in [2.05, 4.69) is 9.44 Å². The zero-order valence-electron chi connectivity index (χ0n) is 7.07. The van der Waals surface area contributed by atoms with Crippen molar-refractivity contribution in [3.63, 3.8) is 0 Å². The van der Waals surface area contributed by atoms with E-state index in [1.165, 1.54) is 0 Å². The molecule has 0 amide bonds. The van der Waals surface area contributed by atoms with Gasteiger partial charge in [0.25, 0.3) is 0 Å². The van der Waals surface area contributed by atoms with Crippen LogP contribution >= 0.6 is 11.6 Å². The summed E-state index contributed by atoms with van der Waals surface area (Å²) >= 11 is 5.63. The van der Waals surface area contributed by atoms with Gasteiger partial charge in [0.15, 0.2) is 5.17 Å². The van der Waals surface area contributed by atoms with E-state index < -0.39 is 10.1 Å². The molecule has 1 saturated heterocycles. The second-order valence-corrected chi connectivity index (χ2v) is 4.64. The highest BCUT2D eigenvalue weighted by atomic mass is 35.5. The third-order valence-corrected chi connectivity index (χ3v) is 2.11. The molecule has 1 aliphatic rings. The lowest BCUT2D eigenvalue weighted by Gasteiger charge is -2.04. The molecule has 0 N–H and O–H groups in total. The third kappa shape index (κ3) is 3.93. The Morgan fingerprint density at radius 1 is 1.69 bits per heavy atom. The monoisotopic (exact) mass is 227 g/mol. The Bertz CT molecular complexity index is 294. The van der Waals surface area contributed by atoms with Gasteiger partial charge in [-0.15, -0.1) is 0 Å². The molecule has 1 atom stereocenters. The first-order valence-electron chi connectivity index (χ1n) is 3.72. The summed E-state index contributed by atoms with van der Waals surface area (Å²) in [7, 11) is -3.58. The molecular weight excluding hydrogens is 218 g/mol. The van der Waals surface area contributed by atoms with Crippen LogP contribution in [0.25, 0.3) is 0 Å². The van der Waals surface area contributed by atoms with Crippen molar-refractivity contribution in [3.8, 4) is 0 Å². The molecule has 0 saturated carbocycles. The molecule has 1 fully saturated rings. The van der Waals surface area contributed by atoms with Crippen molar-refractivity contribution < 1.29 is 17.4 Å². The Hall–Kier alpha value is -0.330. The lowest BCUT2D eigenvalue weighted by atomic mass is 10.2. The van der Waals surface area contributed by atoms with E-state index in [0.717, 1.165) is 19.1 Å². The highest BCUT2D eigenvalue weighted by molar-refractivity contribution is 7.85. The second-order valence-electron chi connectivity index (χ2n) is 2.69. The average Bonchev–Trinajstić information content (AvgIpc) is 2.50. The van der Waals surface area contributed by atoms with Gasteiger partial charge in [-0.25, -0.2) is 0 Å². The highest BCUT2D eigenvalue weighted by Crippen LogP contribution is 2.15. The minimum atomic E-state index is -3.58. The topological polar surface area (TPSA) is 65.0 Å². The summed E-state index contributed by atoms with van der Waals surface area (Å²) in [6.07, 6.45) is 2.23. The molecule has 5 nitrogen and oxygen atoms in total. The van der Waals surface area contributed by atoms with E-state index in [4.69, 9.17) is 16.3 Å². The fraction of sp³-hybridized carbons (Fsp3) is 0.833. The quantitative estimate of drug-likeness (QED) is 0.526. The molecule has 0 spiro atoms. The number of nitrogens with zero attached hydrogens (tertiary/aromatic N) is 1. The van der Waals surface area contributed by atoms with Crippen LogP contribution in [0.2, 0.25) is 0 Å². The van der Waals surface area contributed by atoms with Crippen molar-refractivity contribution in [2.75, 3.05) is 12.9 Å². The van der Waals surface area contributed by atoms with Gasteiger partial charge in [-0.3, -0.25) is 4.28 Å². The SMILES string of the molecule is CS(=O)(=O)ON=C(Cl)C1CCCO1. The summed E-state index contributed by atoms with van der Waals surface area (Å²) in [6, 6.07) is 0. The Labute approximate surface area is 81.8 Å². The number of halogens is 1. The van der Waals surface area contributed by atoms with Gasteiger partial charge in [0, 0.05) is 6.61 Å². The van der Waals surface area contributed by atoms with Gasteiger partial charge in [0.2, 0.25) is 0 Å². The minimum absolute atomic E-state index is 0.0444. The summed E-state index contributed by atoms with van der Waals surface area (Å²) in [5.41, 5.74) is 0. The first-order chi connectivity index (χ1) is 5.99. The fourth-order valence-electron chi connectivity index (χ4n) is 0.928. The van der Waals surface area contributed by atoms with E-state index in [1.54, 1.807) is 0 Å². The van der Waals surface area contributed by atoms with Crippen LogP contribution in [0, 0.1) is 0 Å². The van der Waals surface area contributed by atoms with Gasteiger partial charge in [0.1, 0.15) is 6.10 Å². The Morgan fingerprint density at radius 3 is 2.85 bits per heavy atom. The molecule has 13 heavy (non-hydrogen) atoms. The molecule has 0 aromatic rings. The second kappa shape index (κ2) is 4.26. The normalized spacial score (nSPS) is 24.8. The van der Waals surface area contributed by atoms with Crippen LogP contribution in [0.15, 0.2) is 5.16 Å². The van der Waals surface area contributed by atoms with Gasteiger partial charge in [-0.05, 0) is 12.8 Å². The van der Waals surface area contributed by atoms with Crippen LogP contribution < -0.4 is 0 Å². The van der Waals surface area contributed by atoms with Crippen molar-refractivity contribution in [2.24, 2.45) is 5.16 Å². The number of hydrogen-bond acceptors (Lipinski definition) is 5. The molecule has 76 valence electrons. The fourth-order valence-corrected chi connectivity index (χ4v) is 1.39. The predicted molar refractivity (Wildman–Crippen MR) is 48.2 cm³/mol. The van der Waals surface area contributed by atoms with Gasteiger partial charge < -0.3 is 4.74 Å². The molecule has 0 radical (unpaired) electrons. The number of hydrogen-bond donors (Lipinski definition) is 0. The number of rotatable bonds is 3. The van der Waals surface area contributed by atoms with Crippen LogP contribution in [0.1, 0.15) is 12.8 Å². The predicted octanol–water partition coefficient (Wildman–Crippen LogP) is 0.694. The standard InChI is InChI=1S/C6H10ClNO4S/c1-13(9,10)12-8-6(7)5-3-2-4-11-5/h5H,2-4H2,1H3. The van der Waals surface area contributed by atoms with Crippen molar-refractivity contribution in [1.82, 2.24) is 0 Å². The van der Waals surface area contributed by atoms with Gasteiger partial charge in [-0.1, -0.05) is 16.8 Å². The van der Waals surface area contributed by atoms with Gasteiger partial charge in [0.05, 0.1) is 6.26 Å². The molecule has 1 rings (SSSR count). The first kappa shape index (κ1) is 10.7. The molecule has 0 aromatic heterocycles. The van der Waals surface area contributed by atoms with Crippen molar-refractivity contribution >= 4 is 26.9 Å². The summed E-state index contributed by atoms with van der Waals surface area (Å²) in [5, 5.41) is 3.29. The van der Waals surface area contributed by atoms with Crippen LogP contribution in [-0.2, 0) is 19.1 Å². The van der Waals surface area contributed by atoms with E-state index in [1.807, 2.05) is 0 Å². The van der Waals surface area contributed by atoms with E-state index in [0.29, 0.717) is 6.61 Å². The van der Waals surface area contributed by atoms with Crippen LogP contribution in [-0.4, -0.2) is 32.6 Å². The Morgan fingerprint density at radius 2 is 2.38 bits per heavy atom. The maximum Gasteiger partial charge on any atom is 0.325 e. The minimum Gasteiger partial charge on any atom is -0.371 e. The molecule has 0 bridgehead atoms. The molecule has 1 heterocycles. The van der Waals surface area contributed by atoms with Crippen LogP contribution in [0.3, 0.4) is 0 Å². The van der Waals surface area contributed by atoms with Crippen molar-refractivity contribution in [3.05, 3.63) is 0 Å². The zero-order chi connectivity index (χ0) is 9.90. The molecule has 1 unspecified atom stereocenters. The lowest BCUT2D eigenvalue weighted by Crippen LogP contribution is -2.14. The maximum absolute atomic E-state index is 10.5. The number of ether oxygens (including phenoxy) is 1. The van der Waals surface area contributed by atoms with E-state index >= 15 is 0 Å².